The van der Waals surface area contributed by atoms with Crippen molar-refractivity contribution in [1.29, 1.82) is 0 Å². The van der Waals surface area contributed by atoms with Gasteiger partial charge in [-0.3, -0.25) is 14.0 Å². The molecule has 1 saturated heterocycles. The Morgan fingerprint density at radius 3 is 2.36 bits per heavy atom. The number of likely N-dealkylation sites (tertiary alicyclic amines) is 1. The molecule has 7 nitrogen and oxygen atoms in total. The van der Waals surface area contributed by atoms with Crippen molar-refractivity contribution < 1.29 is 17.9 Å². The van der Waals surface area contributed by atoms with E-state index in [1.165, 1.54) is 24.8 Å². The van der Waals surface area contributed by atoms with Crippen LogP contribution in [-0.2, 0) is 27.9 Å². The summed E-state index contributed by atoms with van der Waals surface area (Å²) in [6.45, 7) is 7.09. The molecule has 0 saturated carbocycles. The number of amides is 1. The van der Waals surface area contributed by atoms with Crippen LogP contribution in [0.5, 0.6) is 5.75 Å². The van der Waals surface area contributed by atoms with Crippen LogP contribution >= 0.6 is 0 Å². The standard InChI is InChI=1S/C25H35N3O4S/c1-20(2)32-24-12-10-23(11-13-24)28(33(3,30)31)19-25(29)26-17-21-8-7-9-22(16-21)18-27-14-5-4-6-15-27/h7-13,16,20H,4-6,14-15,17-19H2,1-3H3,(H,26,29). The van der Waals surface area contributed by atoms with Gasteiger partial charge in [-0.2, -0.15) is 0 Å². The number of benzene rings is 2. The van der Waals surface area contributed by atoms with Crippen molar-refractivity contribution in [2.75, 3.05) is 30.2 Å². The molecule has 0 atom stereocenters. The topological polar surface area (TPSA) is 79.0 Å². The van der Waals surface area contributed by atoms with Gasteiger partial charge in [0, 0.05) is 13.1 Å². The van der Waals surface area contributed by atoms with Gasteiger partial charge in [0.25, 0.3) is 0 Å². The predicted octanol–water partition coefficient (Wildman–Crippen LogP) is 3.54. The first kappa shape index (κ1) is 25.1. The van der Waals surface area contributed by atoms with Gasteiger partial charge in [0.1, 0.15) is 12.3 Å². The molecule has 0 bridgehead atoms. The van der Waals surface area contributed by atoms with Gasteiger partial charge in [-0.05, 0) is 75.2 Å². The second kappa shape index (κ2) is 11.5. The fourth-order valence-corrected chi connectivity index (χ4v) is 4.82. The van der Waals surface area contributed by atoms with E-state index in [2.05, 4.69) is 22.3 Å². The third-order valence-corrected chi connectivity index (χ3v) is 6.66. The van der Waals surface area contributed by atoms with Crippen molar-refractivity contribution in [3.63, 3.8) is 0 Å². The summed E-state index contributed by atoms with van der Waals surface area (Å²) in [5.41, 5.74) is 2.65. The van der Waals surface area contributed by atoms with Crippen molar-refractivity contribution in [3.8, 4) is 5.75 Å². The second-order valence-corrected chi connectivity index (χ2v) is 10.8. The van der Waals surface area contributed by atoms with Crippen LogP contribution in [0.3, 0.4) is 0 Å². The minimum Gasteiger partial charge on any atom is -0.491 e. The summed E-state index contributed by atoms with van der Waals surface area (Å²) in [5.74, 6) is 0.292. The average molecular weight is 474 g/mol. The van der Waals surface area contributed by atoms with E-state index >= 15 is 0 Å². The summed E-state index contributed by atoms with van der Waals surface area (Å²) in [7, 11) is -3.63. The minimum atomic E-state index is -3.63. The van der Waals surface area contributed by atoms with Crippen molar-refractivity contribution >= 4 is 21.6 Å². The highest BCUT2D eigenvalue weighted by Crippen LogP contribution is 2.22. The summed E-state index contributed by atoms with van der Waals surface area (Å²) in [6.07, 6.45) is 4.93. The fraction of sp³-hybridized carbons (Fsp3) is 0.480. The molecule has 2 aromatic carbocycles. The van der Waals surface area contributed by atoms with Crippen molar-refractivity contribution in [3.05, 3.63) is 59.7 Å². The second-order valence-electron chi connectivity index (χ2n) is 8.86. The van der Waals surface area contributed by atoms with Crippen LogP contribution in [0.1, 0.15) is 44.2 Å². The highest BCUT2D eigenvalue weighted by atomic mass is 32.2. The van der Waals surface area contributed by atoms with E-state index in [9.17, 15) is 13.2 Å². The van der Waals surface area contributed by atoms with Gasteiger partial charge >= 0.3 is 0 Å². The molecule has 0 aromatic heterocycles. The van der Waals surface area contributed by atoms with E-state index in [1.54, 1.807) is 24.3 Å². The summed E-state index contributed by atoms with van der Waals surface area (Å²) in [4.78, 5) is 15.1. The number of rotatable bonds is 10. The summed E-state index contributed by atoms with van der Waals surface area (Å²) < 4.78 is 31.4. The maximum absolute atomic E-state index is 12.6. The molecule has 0 spiro atoms. The lowest BCUT2D eigenvalue weighted by Gasteiger charge is -2.26. The predicted molar refractivity (Wildman–Crippen MR) is 132 cm³/mol. The Kier molecular flexibility index (Phi) is 8.74. The first-order chi connectivity index (χ1) is 15.7. The number of ether oxygens (including phenoxy) is 1. The highest BCUT2D eigenvalue weighted by Gasteiger charge is 2.21. The van der Waals surface area contributed by atoms with E-state index < -0.39 is 10.0 Å². The lowest BCUT2D eigenvalue weighted by molar-refractivity contribution is -0.119. The molecule has 180 valence electrons. The molecule has 1 N–H and O–H groups in total. The molecule has 0 radical (unpaired) electrons. The zero-order valence-corrected chi connectivity index (χ0v) is 20.6. The van der Waals surface area contributed by atoms with Gasteiger partial charge in [-0.1, -0.05) is 30.7 Å². The Hall–Kier alpha value is -2.58. The number of hydrogen-bond donors (Lipinski definition) is 1. The van der Waals surface area contributed by atoms with Gasteiger partial charge in [-0.15, -0.1) is 0 Å². The van der Waals surface area contributed by atoms with Crippen LogP contribution in [-0.4, -0.2) is 51.2 Å². The number of anilines is 1. The van der Waals surface area contributed by atoms with Crippen molar-refractivity contribution in [1.82, 2.24) is 10.2 Å². The normalized spacial score (nSPS) is 14.8. The summed E-state index contributed by atoms with van der Waals surface area (Å²) in [6, 6.07) is 14.9. The Labute approximate surface area is 197 Å². The fourth-order valence-electron chi connectivity index (χ4n) is 3.96. The largest absolute Gasteiger partial charge is 0.491 e. The van der Waals surface area contributed by atoms with E-state index in [0.29, 0.717) is 18.0 Å². The van der Waals surface area contributed by atoms with Crippen LogP contribution < -0.4 is 14.4 Å². The minimum absolute atomic E-state index is 0.0194. The lowest BCUT2D eigenvalue weighted by Crippen LogP contribution is -2.40. The van der Waals surface area contributed by atoms with Gasteiger partial charge < -0.3 is 10.1 Å². The number of nitrogens with one attached hydrogen (secondary N) is 1. The maximum Gasteiger partial charge on any atom is 0.241 e. The molecule has 8 heteroatoms. The molecule has 1 heterocycles. The molecular formula is C25H35N3O4S. The summed E-state index contributed by atoms with van der Waals surface area (Å²) in [5, 5.41) is 2.86. The van der Waals surface area contributed by atoms with E-state index in [1.807, 2.05) is 26.0 Å². The first-order valence-corrected chi connectivity index (χ1v) is 13.4. The zero-order chi connectivity index (χ0) is 23.8. The maximum atomic E-state index is 12.6. The molecule has 1 fully saturated rings. The number of piperidine rings is 1. The molecule has 1 amide bonds. The number of hydrogen-bond acceptors (Lipinski definition) is 5. The average Bonchev–Trinajstić information content (AvgIpc) is 2.77. The van der Waals surface area contributed by atoms with Crippen LogP contribution in [0.25, 0.3) is 0 Å². The quantitative estimate of drug-likeness (QED) is 0.571. The molecule has 0 aliphatic carbocycles. The zero-order valence-electron chi connectivity index (χ0n) is 19.8. The monoisotopic (exact) mass is 473 g/mol. The van der Waals surface area contributed by atoms with E-state index in [-0.39, 0.29) is 18.6 Å². The Morgan fingerprint density at radius 1 is 1.06 bits per heavy atom. The van der Waals surface area contributed by atoms with E-state index in [0.717, 1.165) is 35.8 Å². The lowest BCUT2D eigenvalue weighted by atomic mass is 10.1. The molecule has 0 unspecified atom stereocenters. The molecule has 2 aromatic rings. The first-order valence-electron chi connectivity index (χ1n) is 11.5. The summed E-state index contributed by atoms with van der Waals surface area (Å²) >= 11 is 0. The van der Waals surface area contributed by atoms with Gasteiger partial charge in [0.05, 0.1) is 18.0 Å². The molecular weight excluding hydrogens is 438 g/mol. The Bertz CT molecular complexity index is 1020. The van der Waals surface area contributed by atoms with Crippen molar-refractivity contribution in [2.45, 2.75) is 52.3 Å². The number of carbonyl (C=O) groups is 1. The number of carbonyl (C=O) groups excluding carboxylic acids is 1. The molecule has 1 aliphatic rings. The van der Waals surface area contributed by atoms with Gasteiger partial charge in [-0.25, -0.2) is 8.42 Å². The number of nitrogens with zero attached hydrogens (tertiary/aromatic N) is 2. The van der Waals surface area contributed by atoms with Gasteiger partial charge in [0.2, 0.25) is 15.9 Å². The van der Waals surface area contributed by atoms with E-state index in [4.69, 9.17) is 4.74 Å². The highest BCUT2D eigenvalue weighted by molar-refractivity contribution is 7.92. The Morgan fingerprint density at radius 2 is 1.73 bits per heavy atom. The van der Waals surface area contributed by atoms with Crippen molar-refractivity contribution in [2.24, 2.45) is 0 Å². The SMILES string of the molecule is CC(C)Oc1ccc(N(CC(=O)NCc2cccc(CN3CCCCC3)c2)S(C)(=O)=O)cc1. The van der Waals surface area contributed by atoms with Crippen LogP contribution in [0, 0.1) is 0 Å². The third kappa shape index (κ3) is 8.05. The number of sulfonamides is 1. The molecule has 3 rings (SSSR count). The van der Waals surface area contributed by atoms with Crippen LogP contribution in [0.2, 0.25) is 0 Å². The Balaban J connectivity index is 1.59. The smallest absolute Gasteiger partial charge is 0.241 e. The third-order valence-electron chi connectivity index (χ3n) is 5.52. The molecule has 33 heavy (non-hydrogen) atoms. The molecule has 1 aliphatic heterocycles. The van der Waals surface area contributed by atoms with Crippen LogP contribution in [0.4, 0.5) is 5.69 Å². The van der Waals surface area contributed by atoms with Gasteiger partial charge in [0.15, 0.2) is 0 Å². The van der Waals surface area contributed by atoms with Crippen LogP contribution in [0.15, 0.2) is 48.5 Å².